The molecule has 0 spiro atoms. The molecule has 0 bridgehead atoms. The molecule has 1 saturated heterocycles. The quantitative estimate of drug-likeness (QED) is 0.595. The number of aromatic nitrogens is 6. The van der Waals surface area contributed by atoms with Crippen LogP contribution in [0.1, 0.15) is 29.0 Å². The van der Waals surface area contributed by atoms with Crippen molar-refractivity contribution in [1.82, 2.24) is 35.5 Å². The van der Waals surface area contributed by atoms with Crippen LogP contribution in [0.5, 0.6) is 5.88 Å². The van der Waals surface area contributed by atoms with Gasteiger partial charge in [0.1, 0.15) is 24.6 Å². The Morgan fingerprint density at radius 3 is 2.86 bits per heavy atom. The van der Waals surface area contributed by atoms with Crippen LogP contribution in [-0.4, -0.2) is 62.3 Å². The molecule has 3 aromatic rings. The molecule has 1 N–H and O–H groups in total. The highest BCUT2D eigenvalue weighted by Gasteiger charge is 2.15. The summed E-state index contributed by atoms with van der Waals surface area (Å²) in [6.07, 6.45) is 3.84. The number of aryl methyl sites for hydroxylation is 1. The van der Waals surface area contributed by atoms with Gasteiger partial charge in [-0.15, -0.1) is 5.10 Å². The Labute approximate surface area is 167 Å². The number of carbonyl (C=O) groups is 1. The fraction of sp³-hybridized carbons (Fsp3) is 0.368. The zero-order chi connectivity index (χ0) is 20.1. The maximum absolute atomic E-state index is 12.4. The number of rotatable bonds is 7. The summed E-state index contributed by atoms with van der Waals surface area (Å²) in [5, 5.41) is 13.9. The summed E-state index contributed by atoms with van der Waals surface area (Å²) in [4.78, 5) is 23.5. The van der Waals surface area contributed by atoms with Crippen LogP contribution in [0, 0.1) is 6.92 Å². The Balaban J connectivity index is 1.30. The summed E-state index contributed by atoms with van der Waals surface area (Å²) in [5.74, 6) is 1.90. The van der Waals surface area contributed by atoms with Crippen LogP contribution in [-0.2, 0) is 0 Å². The van der Waals surface area contributed by atoms with E-state index in [1.807, 2.05) is 19.1 Å². The van der Waals surface area contributed by atoms with Crippen molar-refractivity contribution in [1.29, 1.82) is 0 Å². The molecule has 150 valence electrons. The number of benzene rings is 1. The average molecular weight is 394 g/mol. The molecule has 10 nitrogen and oxygen atoms in total. The number of tetrazole rings is 1. The normalized spacial score (nSPS) is 13.5. The minimum Gasteiger partial charge on any atom is -0.476 e. The smallest absolute Gasteiger partial charge is 0.251 e. The van der Waals surface area contributed by atoms with Gasteiger partial charge >= 0.3 is 0 Å². The summed E-state index contributed by atoms with van der Waals surface area (Å²) < 4.78 is 7.23. The first kappa shape index (κ1) is 18.8. The molecule has 0 saturated carbocycles. The monoisotopic (exact) mass is 394 g/mol. The molecule has 3 heterocycles. The van der Waals surface area contributed by atoms with Crippen LogP contribution in [0.2, 0.25) is 0 Å². The molecule has 0 unspecified atom stereocenters. The van der Waals surface area contributed by atoms with E-state index < -0.39 is 0 Å². The molecule has 1 amide bonds. The number of nitrogens with zero attached hydrogens (tertiary/aromatic N) is 7. The topological polar surface area (TPSA) is 111 Å². The highest BCUT2D eigenvalue weighted by molar-refractivity contribution is 5.94. The standard InChI is InChI=1S/C19H22N8O2/c1-14-22-17(26-8-2-3-9-26)12-18(23-14)29-10-7-20-19(28)15-5-4-6-16(11-15)27-13-21-24-25-27/h4-6,11-13H,2-3,7-10H2,1H3,(H,20,28). The lowest BCUT2D eigenvalue weighted by Crippen LogP contribution is -2.28. The van der Waals surface area contributed by atoms with Crippen LogP contribution in [0.3, 0.4) is 0 Å². The summed E-state index contributed by atoms with van der Waals surface area (Å²) in [6, 6.07) is 8.93. The summed E-state index contributed by atoms with van der Waals surface area (Å²) in [5.41, 5.74) is 1.23. The van der Waals surface area contributed by atoms with E-state index in [2.05, 4.69) is 35.7 Å². The lowest BCUT2D eigenvalue weighted by Gasteiger charge is -2.17. The predicted octanol–water partition coefficient (Wildman–Crippen LogP) is 1.17. The van der Waals surface area contributed by atoms with Crippen LogP contribution in [0.15, 0.2) is 36.7 Å². The van der Waals surface area contributed by atoms with Gasteiger partial charge in [-0.1, -0.05) is 6.07 Å². The minimum atomic E-state index is -0.194. The maximum atomic E-state index is 12.4. The third-order valence-electron chi connectivity index (χ3n) is 4.59. The number of nitrogens with one attached hydrogen (secondary N) is 1. The fourth-order valence-corrected chi connectivity index (χ4v) is 3.20. The molecule has 29 heavy (non-hydrogen) atoms. The van der Waals surface area contributed by atoms with E-state index in [-0.39, 0.29) is 5.91 Å². The zero-order valence-corrected chi connectivity index (χ0v) is 16.2. The summed E-state index contributed by atoms with van der Waals surface area (Å²) in [7, 11) is 0. The zero-order valence-electron chi connectivity index (χ0n) is 16.2. The van der Waals surface area contributed by atoms with Gasteiger partial charge in [-0.3, -0.25) is 4.79 Å². The molecule has 0 atom stereocenters. The van der Waals surface area contributed by atoms with Gasteiger partial charge in [-0.05, 0) is 48.4 Å². The number of anilines is 1. The summed E-state index contributed by atoms with van der Waals surface area (Å²) >= 11 is 0. The van der Waals surface area contributed by atoms with E-state index in [0.29, 0.717) is 36.1 Å². The minimum absolute atomic E-state index is 0.194. The maximum Gasteiger partial charge on any atom is 0.251 e. The van der Waals surface area contributed by atoms with E-state index >= 15 is 0 Å². The Morgan fingerprint density at radius 2 is 2.07 bits per heavy atom. The second-order valence-electron chi connectivity index (χ2n) is 6.71. The van der Waals surface area contributed by atoms with E-state index in [1.165, 1.54) is 23.9 Å². The molecule has 4 rings (SSSR count). The number of hydrogen-bond donors (Lipinski definition) is 1. The van der Waals surface area contributed by atoms with Gasteiger partial charge in [0.25, 0.3) is 5.91 Å². The van der Waals surface area contributed by atoms with Crippen molar-refractivity contribution in [3.8, 4) is 11.6 Å². The van der Waals surface area contributed by atoms with Gasteiger partial charge in [-0.2, -0.15) is 4.98 Å². The van der Waals surface area contributed by atoms with Crippen molar-refractivity contribution < 1.29 is 9.53 Å². The first-order chi connectivity index (χ1) is 14.2. The van der Waals surface area contributed by atoms with Gasteiger partial charge in [0.2, 0.25) is 5.88 Å². The molecular weight excluding hydrogens is 372 g/mol. The third kappa shape index (κ3) is 4.65. The first-order valence-corrected chi connectivity index (χ1v) is 9.54. The van der Waals surface area contributed by atoms with Gasteiger partial charge < -0.3 is 15.0 Å². The van der Waals surface area contributed by atoms with Gasteiger partial charge in [0, 0.05) is 24.7 Å². The number of ether oxygens (including phenoxy) is 1. The van der Waals surface area contributed by atoms with Gasteiger partial charge in [0.15, 0.2) is 0 Å². The van der Waals surface area contributed by atoms with E-state index in [4.69, 9.17) is 4.74 Å². The molecule has 0 aliphatic carbocycles. The second-order valence-corrected chi connectivity index (χ2v) is 6.71. The molecule has 1 fully saturated rings. The molecule has 2 aromatic heterocycles. The van der Waals surface area contributed by atoms with Crippen molar-refractivity contribution >= 4 is 11.7 Å². The second kappa shape index (κ2) is 8.63. The molecule has 1 aliphatic heterocycles. The van der Waals surface area contributed by atoms with Gasteiger partial charge in [-0.25, -0.2) is 9.67 Å². The van der Waals surface area contributed by atoms with Crippen molar-refractivity contribution in [3.05, 3.63) is 48.0 Å². The van der Waals surface area contributed by atoms with E-state index in [0.717, 1.165) is 18.9 Å². The molecular formula is C19H22N8O2. The highest BCUT2D eigenvalue weighted by Crippen LogP contribution is 2.21. The van der Waals surface area contributed by atoms with Crippen molar-refractivity contribution in [2.45, 2.75) is 19.8 Å². The van der Waals surface area contributed by atoms with Crippen molar-refractivity contribution in [2.24, 2.45) is 0 Å². The largest absolute Gasteiger partial charge is 0.476 e. The molecule has 1 aliphatic rings. The number of amides is 1. The SMILES string of the molecule is Cc1nc(OCCNC(=O)c2cccc(-n3cnnn3)c2)cc(N2CCCC2)n1. The Hall–Kier alpha value is -3.56. The van der Waals surface area contributed by atoms with Crippen LogP contribution in [0.4, 0.5) is 5.82 Å². The van der Waals surface area contributed by atoms with E-state index in [1.54, 1.807) is 18.2 Å². The van der Waals surface area contributed by atoms with Crippen molar-refractivity contribution in [2.75, 3.05) is 31.1 Å². The first-order valence-electron chi connectivity index (χ1n) is 9.54. The van der Waals surface area contributed by atoms with Gasteiger partial charge in [0.05, 0.1) is 12.2 Å². The predicted molar refractivity (Wildman–Crippen MR) is 105 cm³/mol. The van der Waals surface area contributed by atoms with E-state index in [9.17, 15) is 4.79 Å². The Morgan fingerprint density at radius 1 is 1.21 bits per heavy atom. The average Bonchev–Trinajstić information content (AvgIpc) is 3.45. The van der Waals surface area contributed by atoms with Crippen LogP contribution >= 0.6 is 0 Å². The number of hydrogen-bond acceptors (Lipinski definition) is 8. The molecule has 1 aromatic carbocycles. The Bertz CT molecular complexity index is 970. The number of carbonyl (C=O) groups excluding carboxylic acids is 1. The highest BCUT2D eigenvalue weighted by atomic mass is 16.5. The lowest BCUT2D eigenvalue weighted by molar-refractivity contribution is 0.0946. The van der Waals surface area contributed by atoms with Crippen LogP contribution in [0.25, 0.3) is 5.69 Å². The fourth-order valence-electron chi connectivity index (χ4n) is 3.20. The lowest BCUT2D eigenvalue weighted by atomic mass is 10.2. The summed E-state index contributed by atoms with van der Waals surface area (Å²) in [6.45, 7) is 4.54. The van der Waals surface area contributed by atoms with Crippen molar-refractivity contribution in [3.63, 3.8) is 0 Å². The Kier molecular flexibility index (Phi) is 5.59. The van der Waals surface area contributed by atoms with Crippen LogP contribution < -0.4 is 15.0 Å². The third-order valence-corrected chi connectivity index (χ3v) is 4.59. The molecule has 10 heteroatoms. The molecule has 0 radical (unpaired) electrons.